The number of carbonyl (C=O) groups is 2. The number of urea groups is 1. The molecule has 0 saturated carbocycles. The number of rotatable bonds is 3. The molecule has 3 aliphatic heterocycles. The molecule has 2 saturated heterocycles. The smallest absolute Gasteiger partial charge is 0.325 e. The maximum Gasteiger partial charge on any atom is 0.325 e. The number of amides is 3. The second-order valence-electron chi connectivity index (χ2n) is 10.7. The number of piperazine rings is 1. The van der Waals surface area contributed by atoms with E-state index in [0.717, 1.165) is 12.1 Å². The quantitative estimate of drug-likeness (QED) is 0.467. The van der Waals surface area contributed by atoms with Crippen molar-refractivity contribution >= 4 is 34.9 Å². The summed E-state index contributed by atoms with van der Waals surface area (Å²) in [5, 5.41) is 3.70. The van der Waals surface area contributed by atoms with Crippen molar-refractivity contribution in [1.29, 1.82) is 0 Å². The fourth-order valence-electron chi connectivity index (χ4n) is 6.03. The van der Waals surface area contributed by atoms with E-state index < -0.39 is 5.72 Å². The maximum atomic E-state index is 13.6. The number of fused-ring (bicyclic) bond motifs is 4. The lowest BCUT2D eigenvalue weighted by atomic mass is 9.90. The zero-order chi connectivity index (χ0) is 26.6. The zero-order valence-electron chi connectivity index (χ0n) is 21.8. The van der Waals surface area contributed by atoms with Crippen LogP contribution in [0.2, 0.25) is 5.02 Å². The van der Waals surface area contributed by atoms with Crippen LogP contribution in [0.1, 0.15) is 47.8 Å². The highest BCUT2D eigenvalue weighted by molar-refractivity contribution is 6.30. The standard InChI is InChI=1S/C30H31ClN4O3/c1-19-6-4-8-23(14-19)34-13-12-33(18-20(34)2)28(36)21-7-5-9-24(15-21)35-29(37)32-26-17-30(35,3)38-27-11-10-22(31)16-25(26)27/h4-11,14-16,20,26H,12-13,17-18H2,1-3H3,(H,32,37)/t20-,26-,30+/m0/s1. The van der Waals surface area contributed by atoms with Crippen LogP contribution < -0.4 is 19.9 Å². The van der Waals surface area contributed by atoms with Gasteiger partial charge in [0, 0.05) is 53.9 Å². The van der Waals surface area contributed by atoms with E-state index in [1.807, 2.05) is 42.2 Å². The van der Waals surface area contributed by atoms with E-state index in [1.165, 1.54) is 11.3 Å². The molecule has 0 aliphatic carbocycles. The van der Waals surface area contributed by atoms with Gasteiger partial charge in [0.1, 0.15) is 5.75 Å². The Labute approximate surface area is 227 Å². The summed E-state index contributed by atoms with van der Waals surface area (Å²) in [6.07, 6.45) is 0.558. The van der Waals surface area contributed by atoms with Crippen LogP contribution in [0.5, 0.6) is 5.75 Å². The van der Waals surface area contributed by atoms with Crippen molar-refractivity contribution < 1.29 is 14.3 Å². The lowest BCUT2D eigenvalue weighted by Crippen LogP contribution is -2.65. The van der Waals surface area contributed by atoms with Gasteiger partial charge in [-0.1, -0.05) is 29.8 Å². The molecule has 3 amide bonds. The SMILES string of the molecule is Cc1cccc(N2CCN(C(=O)c3cccc(N4C(=O)N[C@H]5C[C@@]4(C)Oc4ccc(Cl)cc45)c3)C[C@@H]2C)c1. The highest BCUT2D eigenvalue weighted by atomic mass is 35.5. The van der Waals surface area contributed by atoms with Gasteiger partial charge in [-0.2, -0.15) is 0 Å². The van der Waals surface area contributed by atoms with Gasteiger partial charge >= 0.3 is 6.03 Å². The van der Waals surface area contributed by atoms with Gasteiger partial charge in [-0.3, -0.25) is 9.69 Å². The number of halogens is 1. The number of hydrogen-bond acceptors (Lipinski definition) is 4. The molecule has 1 N–H and O–H groups in total. The molecule has 2 bridgehead atoms. The van der Waals surface area contributed by atoms with E-state index in [0.29, 0.717) is 41.5 Å². The Kier molecular flexibility index (Phi) is 5.99. The molecule has 6 rings (SSSR count). The molecule has 8 heteroatoms. The minimum atomic E-state index is -0.899. The number of anilines is 2. The number of carbonyl (C=O) groups excluding carboxylic acids is 2. The van der Waals surface area contributed by atoms with Crippen molar-refractivity contribution in [1.82, 2.24) is 10.2 Å². The summed E-state index contributed by atoms with van der Waals surface area (Å²) in [6, 6.07) is 21.0. The Morgan fingerprint density at radius 2 is 1.84 bits per heavy atom. The van der Waals surface area contributed by atoms with Crippen molar-refractivity contribution in [2.45, 2.75) is 45.0 Å². The van der Waals surface area contributed by atoms with Crippen LogP contribution >= 0.6 is 11.6 Å². The molecule has 0 unspecified atom stereocenters. The number of benzene rings is 3. The Morgan fingerprint density at radius 1 is 1.05 bits per heavy atom. The average molecular weight is 531 g/mol. The zero-order valence-corrected chi connectivity index (χ0v) is 22.5. The summed E-state index contributed by atoms with van der Waals surface area (Å²) < 4.78 is 6.38. The van der Waals surface area contributed by atoms with Crippen LogP contribution in [0.15, 0.2) is 66.7 Å². The number of ether oxygens (including phenoxy) is 1. The Bertz CT molecular complexity index is 1430. The van der Waals surface area contributed by atoms with Crippen LogP contribution in [0.4, 0.5) is 16.2 Å². The van der Waals surface area contributed by atoms with Gasteiger partial charge in [0.15, 0.2) is 5.72 Å². The minimum Gasteiger partial charge on any atom is -0.467 e. The van der Waals surface area contributed by atoms with Gasteiger partial charge in [-0.05, 0) is 74.9 Å². The van der Waals surface area contributed by atoms with E-state index >= 15 is 0 Å². The second kappa shape index (κ2) is 9.24. The monoisotopic (exact) mass is 530 g/mol. The summed E-state index contributed by atoms with van der Waals surface area (Å²) in [7, 11) is 0. The van der Waals surface area contributed by atoms with Gasteiger partial charge in [0.25, 0.3) is 5.91 Å². The highest BCUT2D eigenvalue weighted by Crippen LogP contribution is 2.46. The molecule has 3 atom stereocenters. The third kappa shape index (κ3) is 4.25. The molecule has 2 fully saturated rings. The molecule has 0 spiro atoms. The van der Waals surface area contributed by atoms with Crippen LogP contribution in [0.25, 0.3) is 0 Å². The predicted molar refractivity (Wildman–Crippen MR) is 149 cm³/mol. The van der Waals surface area contributed by atoms with Gasteiger partial charge in [0.2, 0.25) is 0 Å². The number of aryl methyl sites for hydroxylation is 1. The predicted octanol–water partition coefficient (Wildman–Crippen LogP) is 5.77. The maximum absolute atomic E-state index is 13.6. The highest BCUT2D eigenvalue weighted by Gasteiger charge is 2.50. The molecule has 3 aliphatic rings. The molecular weight excluding hydrogens is 500 g/mol. The van der Waals surface area contributed by atoms with E-state index in [-0.39, 0.29) is 24.0 Å². The average Bonchev–Trinajstić information content (AvgIpc) is 2.88. The molecular formula is C30H31ClN4O3. The second-order valence-corrected chi connectivity index (χ2v) is 11.1. The summed E-state index contributed by atoms with van der Waals surface area (Å²) in [5.41, 5.74) is 3.57. The molecule has 3 aromatic rings. The van der Waals surface area contributed by atoms with E-state index in [1.54, 1.807) is 17.0 Å². The van der Waals surface area contributed by atoms with Gasteiger partial charge in [0.05, 0.1) is 11.7 Å². The molecule has 196 valence electrons. The molecule has 0 radical (unpaired) electrons. The summed E-state index contributed by atoms with van der Waals surface area (Å²) in [6.45, 7) is 8.19. The van der Waals surface area contributed by atoms with Gasteiger partial charge < -0.3 is 19.9 Å². The first-order valence-electron chi connectivity index (χ1n) is 13.0. The number of hydrogen-bond donors (Lipinski definition) is 1. The fourth-order valence-corrected chi connectivity index (χ4v) is 6.21. The molecule has 7 nitrogen and oxygen atoms in total. The van der Waals surface area contributed by atoms with Crippen molar-refractivity contribution in [3.63, 3.8) is 0 Å². The van der Waals surface area contributed by atoms with Crippen LogP contribution in [0, 0.1) is 6.92 Å². The van der Waals surface area contributed by atoms with Crippen molar-refractivity contribution in [3.05, 3.63) is 88.4 Å². The third-order valence-electron chi connectivity index (χ3n) is 7.83. The largest absolute Gasteiger partial charge is 0.467 e. The first-order chi connectivity index (χ1) is 18.2. The van der Waals surface area contributed by atoms with E-state index in [2.05, 4.69) is 48.3 Å². The molecule has 3 aromatic carbocycles. The van der Waals surface area contributed by atoms with E-state index in [4.69, 9.17) is 16.3 Å². The molecule has 3 heterocycles. The summed E-state index contributed by atoms with van der Waals surface area (Å²) in [4.78, 5) is 32.8. The lowest BCUT2D eigenvalue weighted by molar-refractivity contribution is 0.0378. The molecule has 0 aromatic heterocycles. The lowest BCUT2D eigenvalue weighted by Gasteiger charge is -2.50. The summed E-state index contributed by atoms with van der Waals surface area (Å²) in [5.74, 6) is 0.665. The Morgan fingerprint density at radius 3 is 2.63 bits per heavy atom. The third-order valence-corrected chi connectivity index (χ3v) is 8.07. The van der Waals surface area contributed by atoms with E-state index in [9.17, 15) is 9.59 Å². The normalized spacial score (nSPS) is 24.4. The van der Waals surface area contributed by atoms with Crippen molar-refractivity contribution in [2.75, 3.05) is 29.4 Å². The minimum absolute atomic E-state index is 0.0346. The summed E-state index contributed by atoms with van der Waals surface area (Å²) >= 11 is 6.20. The topological polar surface area (TPSA) is 65.1 Å². The van der Waals surface area contributed by atoms with Crippen molar-refractivity contribution in [3.8, 4) is 5.75 Å². The first kappa shape index (κ1) is 24.6. The van der Waals surface area contributed by atoms with Crippen LogP contribution in [-0.2, 0) is 0 Å². The van der Waals surface area contributed by atoms with Gasteiger partial charge in [-0.25, -0.2) is 4.79 Å². The first-order valence-corrected chi connectivity index (χ1v) is 13.4. The Balaban J connectivity index is 1.23. The number of nitrogens with zero attached hydrogens (tertiary/aromatic N) is 3. The van der Waals surface area contributed by atoms with Crippen molar-refractivity contribution in [2.24, 2.45) is 0 Å². The Hall–Kier alpha value is -3.71. The molecule has 38 heavy (non-hydrogen) atoms. The van der Waals surface area contributed by atoms with Crippen LogP contribution in [0.3, 0.4) is 0 Å². The van der Waals surface area contributed by atoms with Crippen LogP contribution in [-0.4, -0.2) is 48.2 Å². The number of nitrogens with one attached hydrogen (secondary N) is 1. The fraction of sp³-hybridized carbons (Fsp3) is 0.333. The van der Waals surface area contributed by atoms with Gasteiger partial charge in [-0.15, -0.1) is 0 Å².